The van der Waals surface area contributed by atoms with Gasteiger partial charge in [-0.3, -0.25) is 0 Å². The molecule has 1 aliphatic heterocycles. The van der Waals surface area contributed by atoms with E-state index in [4.69, 9.17) is 9.72 Å². The monoisotopic (exact) mass is 445 g/mol. The first-order valence-electron chi connectivity index (χ1n) is 11.0. The first kappa shape index (κ1) is 20.7. The molecule has 5 rings (SSSR count). The van der Waals surface area contributed by atoms with Gasteiger partial charge in [-0.25, -0.2) is 9.97 Å². The summed E-state index contributed by atoms with van der Waals surface area (Å²) in [6.07, 6.45) is 1.88. The van der Waals surface area contributed by atoms with Crippen LogP contribution in [0.4, 0.5) is 28.7 Å². The average molecular weight is 446 g/mol. The molecule has 1 saturated heterocycles. The number of nitrogens with zero attached hydrogens (tertiary/aromatic N) is 3. The van der Waals surface area contributed by atoms with Crippen molar-refractivity contribution in [1.29, 1.82) is 0 Å². The zero-order valence-electron chi connectivity index (χ0n) is 18.3. The number of thiophene rings is 1. The highest BCUT2D eigenvalue weighted by atomic mass is 32.1. The lowest BCUT2D eigenvalue weighted by atomic mass is 10.0. The van der Waals surface area contributed by atoms with Gasteiger partial charge in [0.25, 0.3) is 0 Å². The Morgan fingerprint density at radius 3 is 2.34 bits per heavy atom. The molecule has 2 aromatic carbocycles. The summed E-state index contributed by atoms with van der Waals surface area (Å²) < 4.78 is 6.49. The molecule has 0 unspecified atom stereocenters. The predicted octanol–water partition coefficient (Wildman–Crippen LogP) is 6.14. The van der Waals surface area contributed by atoms with Crippen LogP contribution in [0.1, 0.15) is 25.3 Å². The summed E-state index contributed by atoms with van der Waals surface area (Å²) in [6, 6.07) is 17.0. The number of fused-ring (bicyclic) bond motifs is 1. The van der Waals surface area contributed by atoms with Gasteiger partial charge in [0, 0.05) is 35.5 Å². The van der Waals surface area contributed by atoms with Gasteiger partial charge in [-0.05, 0) is 47.9 Å². The van der Waals surface area contributed by atoms with E-state index in [0.29, 0.717) is 11.9 Å². The molecule has 1 fully saturated rings. The Kier molecular flexibility index (Phi) is 5.92. The Balaban J connectivity index is 1.32. The molecule has 0 atom stereocenters. The molecule has 0 saturated carbocycles. The van der Waals surface area contributed by atoms with E-state index in [1.165, 1.54) is 11.3 Å². The lowest BCUT2D eigenvalue weighted by Gasteiger charge is -2.28. The van der Waals surface area contributed by atoms with Crippen molar-refractivity contribution in [2.75, 3.05) is 41.8 Å². The highest BCUT2D eigenvalue weighted by molar-refractivity contribution is 7.17. The normalized spacial score (nSPS) is 14.2. The van der Waals surface area contributed by atoms with E-state index in [1.807, 2.05) is 6.20 Å². The van der Waals surface area contributed by atoms with E-state index in [1.54, 1.807) is 11.3 Å². The summed E-state index contributed by atoms with van der Waals surface area (Å²) in [5.74, 6) is 1.11. The lowest BCUT2D eigenvalue weighted by Crippen LogP contribution is -2.36. The fourth-order valence-electron chi connectivity index (χ4n) is 3.79. The van der Waals surface area contributed by atoms with E-state index in [0.717, 1.165) is 53.6 Å². The summed E-state index contributed by atoms with van der Waals surface area (Å²) >= 11 is 1.64. The van der Waals surface area contributed by atoms with Crippen molar-refractivity contribution >= 4 is 50.3 Å². The second-order valence-corrected chi connectivity index (χ2v) is 9.14. The number of nitrogens with one attached hydrogen (secondary N) is 2. The maximum Gasteiger partial charge on any atom is 0.227 e. The van der Waals surface area contributed by atoms with Crippen LogP contribution in [-0.4, -0.2) is 36.3 Å². The molecule has 2 aromatic heterocycles. The molecule has 164 valence electrons. The predicted molar refractivity (Wildman–Crippen MR) is 134 cm³/mol. The summed E-state index contributed by atoms with van der Waals surface area (Å²) in [5, 5.41) is 8.94. The Bertz CT molecular complexity index is 1180. The van der Waals surface area contributed by atoms with Crippen molar-refractivity contribution in [1.82, 2.24) is 9.97 Å². The Hall–Kier alpha value is -3.16. The van der Waals surface area contributed by atoms with Crippen LogP contribution in [0.3, 0.4) is 0 Å². The molecule has 0 radical (unpaired) electrons. The minimum atomic E-state index is 0.523. The molecule has 7 heteroatoms. The average Bonchev–Trinajstić information content (AvgIpc) is 3.22. The number of ether oxygens (including phenoxy) is 1. The number of aromatic nitrogens is 2. The quantitative estimate of drug-likeness (QED) is 0.372. The first-order chi connectivity index (χ1) is 15.7. The van der Waals surface area contributed by atoms with Gasteiger partial charge >= 0.3 is 0 Å². The molecule has 32 heavy (non-hydrogen) atoms. The third-order valence-corrected chi connectivity index (χ3v) is 6.58. The van der Waals surface area contributed by atoms with Crippen molar-refractivity contribution in [3.8, 4) is 0 Å². The fourth-order valence-corrected chi connectivity index (χ4v) is 4.59. The second kappa shape index (κ2) is 9.14. The first-order valence-corrected chi connectivity index (χ1v) is 11.8. The summed E-state index contributed by atoms with van der Waals surface area (Å²) in [5.41, 5.74) is 6.49. The third kappa shape index (κ3) is 4.54. The molecule has 0 bridgehead atoms. The van der Waals surface area contributed by atoms with Crippen LogP contribution in [0, 0.1) is 0 Å². The Morgan fingerprint density at radius 2 is 1.62 bits per heavy atom. The number of morpholine rings is 1. The van der Waals surface area contributed by atoms with Gasteiger partial charge in [0.1, 0.15) is 5.52 Å². The number of hydrogen-bond donors (Lipinski definition) is 2. The van der Waals surface area contributed by atoms with Gasteiger partial charge in [0.15, 0.2) is 0 Å². The number of anilines is 5. The summed E-state index contributed by atoms with van der Waals surface area (Å²) in [7, 11) is 0. The highest BCUT2D eigenvalue weighted by Crippen LogP contribution is 2.32. The van der Waals surface area contributed by atoms with E-state index in [9.17, 15) is 0 Å². The Morgan fingerprint density at radius 1 is 0.938 bits per heavy atom. The van der Waals surface area contributed by atoms with Crippen LogP contribution in [0.15, 0.2) is 60.1 Å². The van der Waals surface area contributed by atoms with E-state index in [-0.39, 0.29) is 0 Å². The molecule has 4 aromatic rings. The van der Waals surface area contributed by atoms with E-state index >= 15 is 0 Å². The molecule has 6 nitrogen and oxygen atoms in total. The number of rotatable bonds is 6. The molecule has 2 N–H and O–H groups in total. The highest BCUT2D eigenvalue weighted by Gasteiger charge is 2.12. The molecule has 0 aliphatic carbocycles. The van der Waals surface area contributed by atoms with Gasteiger partial charge in [-0.2, -0.15) is 0 Å². The van der Waals surface area contributed by atoms with Crippen LogP contribution >= 0.6 is 11.3 Å². The lowest BCUT2D eigenvalue weighted by molar-refractivity contribution is 0.122. The zero-order valence-corrected chi connectivity index (χ0v) is 19.2. The molecule has 0 amide bonds. The van der Waals surface area contributed by atoms with Crippen molar-refractivity contribution in [3.63, 3.8) is 0 Å². The van der Waals surface area contributed by atoms with Crippen molar-refractivity contribution in [3.05, 3.63) is 65.7 Å². The van der Waals surface area contributed by atoms with Gasteiger partial charge in [-0.15, -0.1) is 11.3 Å². The maximum absolute atomic E-state index is 5.44. The van der Waals surface area contributed by atoms with Gasteiger partial charge < -0.3 is 20.3 Å². The molecule has 1 aliphatic rings. The van der Waals surface area contributed by atoms with Crippen molar-refractivity contribution < 1.29 is 4.74 Å². The van der Waals surface area contributed by atoms with Gasteiger partial charge in [0.2, 0.25) is 5.95 Å². The van der Waals surface area contributed by atoms with E-state index < -0.39 is 0 Å². The molecular weight excluding hydrogens is 418 g/mol. The van der Waals surface area contributed by atoms with Crippen molar-refractivity contribution in [2.45, 2.75) is 19.8 Å². The zero-order chi connectivity index (χ0) is 21.9. The van der Waals surface area contributed by atoms with Crippen molar-refractivity contribution in [2.24, 2.45) is 0 Å². The third-order valence-electron chi connectivity index (χ3n) is 5.67. The fraction of sp³-hybridized carbons (Fsp3) is 0.280. The number of hydrogen-bond acceptors (Lipinski definition) is 7. The summed E-state index contributed by atoms with van der Waals surface area (Å²) in [4.78, 5) is 11.6. The van der Waals surface area contributed by atoms with Crippen LogP contribution in [-0.2, 0) is 4.74 Å². The van der Waals surface area contributed by atoms with Gasteiger partial charge in [0.05, 0.1) is 29.8 Å². The Labute approximate surface area is 192 Å². The standard InChI is InChI=1S/C25H27N5OS/c1-17(2)18-3-5-19(6-4-18)27-22-16-32-23-15-26-25(29-24(22)23)28-20-7-9-21(10-8-20)30-11-13-31-14-12-30/h3-10,15-17,27H,11-14H2,1-2H3,(H,26,28,29). The van der Waals surface area contributed by atoms with E-state index in [2.05, 4.69) is 88.3 Å². The number of benzene rings is 2. The SMILES string of the molecule is CC(C)c1ccc(Nc2csc3cnc(Nc4ccc(N5CCOCC5)cc4)nc23)cc1. The topological polar surface area (TPSA) is 62.3 Å². The van der Waals surface area contributed by atoms with Gasteiger partial charge in [-0.1, -0.05) is 26.0 Å². The largest absolute Gasteiger partial charge is 0.378 e. The smallest absolute Gasteiger partial charge is 0.227 e. The minimum absolute atomic E-state index is 0.523. The molecular formula is C25H27N5OS. The summed E-state index contributed by atoms with van der Waals surface area (Å²) in [6.45, 7) is 7.84. The second-order valence-electron chi connectivity index (χ2n) is 8.23. The van der Waals surface area contributed by atoms with Crippen LogP contribution in [0.5, 0.6) is 0 Å². The van der Waals surface area contributed by atoms with Crippen LogP contribution in [0.25, 0.3) is 10.2 Å². The van der Waals surface area contributed by atoms with Crippen LogP contribution in [0.2, 0.25) is 0 Å². The molecule has 0 spiro atoms. The molecule has 3 heterocycles. The van der Waals surface area contributed by atoms with Crippen LogP contribution < -0.4 is 15.5 Å². The maximum atomic E-state index is 5.44. The minimum Gasteiger partial charge on any atom is -0.378 e.